The monoisotopic (exact) mass is 270 g/mol. The van der Waals surface area contributed by atoms with Crippen LogP contribution in [0.25, 0.3) is 0 Å². The van der Waals surface area contributed by atoms with E-state index in [0.29, 0.717) is 0 Å². The third-order valence-electron chi connectivity index (χ3n) is 0. The summed E-state index contributed by atoms with van der Waals surface area (Å²) in [5, 5.41) is 0. The minimum atomic E-state index is 0. The minimum Gasteiger partial charge on any atom is -1.00 e. The summed E-state index contributed by atoms with van der Waals surface area (Å²) in [6.45, 7) is 0. The van der Waals surface area contributed by atoms with Crippen LogP contribution >= 0.6 is 0 Å². The first-order valence-corrected chi connectivity index (χ1v) is 0. The molecule has 0 heterocycles. The summed E-state index contributed by atoms with van der Waals surface area (Å²) in [4.78, 5) is 0. The van der Waals surface area contributed by atoms with Crippen LogP contribution in [0.5, 0.6) is 0 Å². The fourth-order valence-corrected chi connectivity index (χ4v) is 0. The molecule has 0 aromatic rings. The van der Waals surface area contributed by atoms with Gasteiger partial charge in [0.25, 0.3) is 0 Å². The van der Waals surface area contributed by atoms with E-state index in [-0.39, 0.29) is 73.3 Å². The summed E-state index contributed by atoms with van der Waals surface area (Å²) in [5.74, 6) is 0. The average molecular weight is 269 g/mol. The van der Waals surface area contributed by atoms with E-state index < -0.39 is 0 Å². The van der Waals surface area contributed by atoms with Crippen molar-refractivity contribution in [3.63, 3.8) is 0 Å². The molecule has 0 saturated carbocycles. The van der Waals surface area contributed by atoms with Gasteiger partial charge in [0.05, 0.1) is 0 Å². The summed E-state index contributed by atoms with van der Waals surface area (Å²) < 4.78 is 0. The zero-order chi connectivity index (χ0) is 0. The molecule has 5 heavy (non-hydrogen) atoms. The quantitative estimate of drug-likeness (QED) is 0.383. The molecule has 34 valence electrons. The summed E-state index contributed by atoms with van der Waals surface area (Å²) in [5.41, 5.74) is 0. The van der Waals surface area contributed by atoms with Crippen LogP contribution in [0.1, 0.15) is 0 Å². The van der Waals surface area contributed by atoms with E-state index in [1.54, 1.807) is 0 Å². The van der Waals surface area contributed by atoms with Crippen molar-refractivity contribution < 1.29 is 49.6 Å². The Bertz CT molecular complexity index is 3.61. The Balaban J connectivity index is 0. The molecular formula is Cl4Te. The van der Waals surface area contributed by atoms with E-state index >= 15 is 0 Å². The molecule has 0 aromatic heterocycles. The second-order valence-electron chi connectivity index (χ2n) is 0. The maximum atomic E-state index is 0. The Labute approximate surface area is 72.8 Å². The first-order chi connectivity index (χ1) is 0. The van der Waals surface area contributed by atoms with Gasteiger partial charge in [-0.25, -0.2) is 0 Å². The summed E-state index contributed by atoms with van der Waals surface area (Å²) in [6.07, 6.45) is 0. The van der Waals surface area contributed by atoms with E-state index in [1.165, 1.54) is 0 Å². The molecule has 2 radical (unpaired) electrons. The maximum absolute atomic E-state index is 0. The van der Waals surface area contributed by atoms with Gasteiger partial charge >= 0.3 is 23.7 Å². The first kappa shape index (κ1) is 64.7. The van der Waals surface area contributed by atoms with Crippen molar-refractivity contribution in [3.8, 4) is 0 Å². The van der Waals surface area contributed by atoms with Crippen LogP contribution in [0.3, 0.4) is 0 Å². The Morgan fingerprint density at radius 3 is 0.400 bits per heavy atom. The van der Waals surface area contributed by atoms with Crippen LogP contribution in [0.4, 0.5) is 0 Å². The van der Waals surface area contributed by atoms with Crippen LogP contribution in [0.2, 0.25) is 0 Å². The number of halogens is 4. The Morgan fingerprint density at radius 1 is 0.400 bits per heavy atom. The Hall–Kier alpha value is 1.95. The van der Waals surface area contributed by atoms with Crippen molar-refractivity contribution in [2.75, 3.05) is 0 Å². The van der Waals surface area contributed by atoms with E-state index in [4.69, 9.17) is 0 Å². The van der Waals surface area contributed by atoms with Crippen molar-refractivity contribution in [1.29, 1.82) is 0 Å². The molecule has 0 aliphatic carbocycles. The fourth-order valence-electron chi connectivity index (χ4n) is 0. The van der Waals surface area contributed by atoms with Crippen LogP contribution < -0.4 is 49.6 Å². The van der Waals surface area contributed by atoms with Crippen LogP contribution in [-0.4, -0.2) is 23.7 Å². The van der Waals surface area contributed by atoms with Gasteiger partial charge in [0, 0.05) is 0 Å². The average Bonchev–Trinajstić information content (AvgIpc) is 0. The molecule has 0 atom stereocenters. The van der Waals surface area contributed by atoms with Gasteiger partial charge in [0.15, 0.2) is 0 Å². The molecule has 0 bridgehead atoms. The normalized spacial score (nSPS) is 0. The zero-order valence-electron chi connectivity index (χ0n) is 1.92. The third-order valence-corrected chi connectivity index (χ3v) is 0. The van der Waals surface area contributed by atoms with Gasteiger partial charge in [-0.2, -0.15) is 0 Å². The van der Waals surface area contributed by atoms with Crippen molar-refractivity contribution in [3.05, 3.63) is 0 Å². The molecule has 0 aliphatic rings. The molecule has 0 aromatic carbocycles. The summed E-state index contributed by atoms with van der Waals surface area (Å²) in [6, 6.07) is 0. The van der Waals surface area contributed by atoms with Gasteiger partial charge in [-0.1, -0.05) is 0 Å². The van der Waals surface area contributed by atoms with Gasteiger partial charge in [-0.3, -0.25) is 0 Å². The molecule has 0 spiro atoms. The first-order valence-electron chi connectivity index (χ1n) is 0. The van der Waals surface area contributed by atoms with Crippen molar-refractivity contribution >= 4 is 23.7 Å². The molecular weight excluding hydrogens is 269 g/mol. The van der Waals surface area contributed by atoms with Crippen LogP contribution in [-0.2, 0) is 0 Å². The minimum absolute atomic E-state index is 0. The molecule has 0 nitrogen and oxygen atoms in total. The van der Waals surface area contributed by atoms with Crippen molar-refractivity contribution in [2.24, 2.45) is 0 Å². The van der Waals surface area contributed by atoms with E-state index in [0.717, 1.165) is 0 Å². The summed E-state index contributed by atoms with van der Waals surface area (Å²) >= 11 is 0. The molecule has 0 aliphatic heterocycles. The molecule has 5 heteroatoms. The fraction of sp³-hybridized carbons (Fsp3) is 0. The summed E-state index contributed by atoms with van der Waals surface area (Å²) in [7, 11) is 0. The second kappa shape index (κ2) is 38.3. The zero-order valence-corrected chi connectivity index (χ0v) is 7.27. The number of hydrogen-bond acceptors (Lipinski definition) is 0. The largest absolute Gasteiger partial charge is 4.00 e. The van der Waals surface area contributed by atoms with Gasteiger partial charge < -0.3 is 49.6 Å². The van der Waals surface area contributed by atoms with Crippen LogP contribution in [0.15, 0.2) is 0 Å². The standard InChI is InChI=1S/4ClH.Te/h4*1H;/q;;;;+4/p-4. The van der Waals surface area contributed by atoms with Gasteiger partial charge in [-0.15, -0.1) is 0 Å². The number of rotatable bonds is 0. The molecule has 0 saturated heterocycles. The second-order valence-corrected chi connectivity index (χ2v) is 0. The van der Waals surface area contributed by atoms with Crippen molar-refractivity contribution in [2.45, 2.75) is 0 Å². The topological polar surface area (TPSA) is 0 Å². The molecule has 0 unspecified atom stereocenters. The van der Waals surface area contributed by atoms with E-state index in [1.807, 2.05) is 0 Å². The SMILES string of the molecule is [Cl-].[Cl-].[Cl-].[Cl-].[Te+4]. The predicted octanol–water partition coefficient (Wildman–Crippen LogP) is -12.4. The molecule has 0 amide bonds. The van der Waals surface area contributed by atoms with E-state index in [9.17, 15) is 0 Å². The number of hydrogen-bond donors (Lipinski definition) is 0. The van der Waals surface area contributed by atoms with Gasteiger partial charge in [0.2, 0.25) is 0 Å². The maximum Gasteiger partial charge on any atom is 4.00 e. The van der Waals surface area contributed by atoms with Gasteiger partial charge in [-0.05, 0) is 0 Å². The van der Waals surface area contributed by atoms with Gasteiger partial charge in [0.1, 0.15) is 0 Å². The van der Waals surface area contributed by atoms with Crippen molar-refractivity contribution in [1.82, 2.24) is 0 Å². The van der Waals surface area contributed by atoms with Crippen LogP contribution in [0, 0.1) is 0 Å². The third kappa shape index (κ3) is 24.4. The Morgan fingerprint density at radius 2 is 0.400 bits per heavy atom. The predicted molar refractivity (Wildman–Crippen MR) is 5.75 cm³/mol. The van der Waals surface area contributed by atoms with E-state index in [2.05, 4.69) is 0 Å². The Kier molecular flexibility index (Phi) is 496. The molecule has 0 rings (SSSR count). The molecule has 0 fully saturated rings. The molecule has 0 N–H and O–H groups in total. The smallest absolute Gasteiger partial charge is 1.00 e.